The number of terminal acetylenes is 1. The molecule has 0 radical (unpaired) electrons. The molecule has 0 aliphatic carbocycles. The van der Waals surface area contributed by atoms with Crippen molar-refractivity contribution in [3.63, 3.8) is 0 Å². The van der Waals surface area contributed by atoms with Crippen LogP contribution in [0.1, 0.15) is 29.7 Å². The van der Waals surface area contributed by atoms with E-state index in [0.717, 1.165) is 0 Å². The van der Waals surface area contributed by atoms with Gasteiger partial charge in [0.25, 0.3) is 5.56 Å². The number of esters is 1. The Morgan fingerprint density at radius 2 is 1.88 bits per heavy atom. The number of ether oxygens (including phenoxy) is 3. The van der Waals surface area contributed by atoms with Crippen LogP contribution in [0, 0.1) is 18.2 Å². The molecule has 0 saturated heterocycles. The molecule has 41 heavy (non-hydrogen) atoms. The number of benzene rings is 3. The zero-order valence-electron chi connectivity index (χ0n) is 22.3. The molecule has 3 aromatic carbocycles. The van der Waals surface area contributed by atoms with E-state index in [4.69, 9.17) is 25.6 Å². The van der Waals surface area contributed by atoms with Crippen LogP contribution in [0.3, 0.4) is 0 Å². The molecule has 7 nitrogen and oxygen atoms in total. The predicted molar refractivity (Wildman–Crippen MR) is 155 cm³/mol. The van der Waals surface area contributed by atoms with Gasteiger partial charge in [0.15, 0.2) is 16.3 Å². The second kappa shape index (κ2) is 12.1. The Labute approximate surface area is 239 Å². The average Bonchev–Trinajstić information content (AvgIpc) is 3.30. The third-order valence-electron chi connectivity index (χ3n) is 6.36. The first-order valence-corrected chi connectivity index (χ1v) is 13.5. The van der Waals surface area contributed by atoms with E-state index in [2.05, 4.69) is 5.92 Å². The number of carbonyl (C=O) groups excluding carboxylic acids is 1. The second-order valence-electron chi connectivity index (χ2n) is 8.89. The lowest BCUT2D eigenvalue weighted by molar-refractivity contribution is -0.138. The van der Waals surface area contributed by atoms with Gasteiger partial charge in [-0.1, -0.05) is 65.8 Å². The largest absolute Gasteiger partial charge is 0.493 e. The van der Waals surface area contributed by atoms with Gasteiger partial charge < -0.3 is 14.2 Å². The highest BCUT2D eigenvalue weighted by molar-refractivity contribution is 7.07. The van der Waals surface area contributed by atoms with Crippen molar-refractivity contribution in [1.29, 1.82) is 0 Å². The minimum atomic E-state index is -0.891. The predicted octanol–water partition coefficient (Wildman–Crippen LogP) is 4.10. The van der Waals surface area contributed by atoms with Gasteiger partial charge in [0.2, 0.25) is 0 Å². The molecule has 1 aliphatic heterocycles. The van der Waals surface area contributed by atoms with Gasteiger partial charge in [0.05, 0.1) is 35.6 Å². The van der Waals surface area contributed by atoms with Gasteiger partial charge in [-0.3, -0.25) is 9.36 Å². The fourth-order valence-corrected chi connectivity index (χ4v) is 5.57. The van der Waals surface area contributed by atoms with Crippen molar-refractivity contribution in [2.45, 2.75) is 13.0 Å². The Morgan fingerprint density at radius 1 is 1.12 bits per heavy atom. The summed E-state index contributed by atoms with van der Waals surface area (Å²) in [6.07, 6.45) is 7.02. The SMILES string of the molecule is C#CCOc1ccc(/C=c2\sc3n(c2=O)[C@H](c2ccc(F)cc2)C(C(=O)OCC)=C(c2ccccc2)N=3)cc1OC. The molecule has 0 spiro atoms. The molecule has 5 rings (SSSR count). The fourth-order valence-electron chi connectivity index (χ4n) is 4.56. The number of halogens is 1. The number of thiazole rings is 1. The van der Waals surface area contributed by atoms with Gasteiger partial charge in [-0.05, 0) is 48.4 Å². The molecule has 4 aromatic rings. The molecule has 0 saturated carbocycles. The zero-order valence-corrected chi connectivity index (χ0v) is 23.1. The number of rotatable bonds is 8. The molecule has 2 heterocycles. The first-order valence-electron chi connectivity index (χ1n) is 12.7. The van der Waals surface area contributed by atoms with Crippen molar-refractivity contribution >= 4 is 29.1 Å². The Balaban J connectivity index is 1.75. The van der Waals surface area contributed by atoms with Crippen molar-refractivity contribution in [1.82, 2.24) is 4.57 Å². The highest BCUT2D eigenvalue weighted by atomic mass is 32.1. The van der Waals surface area contributed by atoms with Crippen molar-refractivity contribution in [2.75, 3.05) is 20.3 Å². The number of carbonyl (C=O) groups is 1. The van der Waals surface area contributed by atoms with Crippen molar-refractivity contribution < 1.29 is 23.4 Å². The molecule has 1 aliphatic rings. The Kier molecular flexibility index (Phi) is 8.13. The van der Waals surface area contributed by atoms with Crippen LogP contribution in [-0.2, 0) is 9.53 Å². The van der Waals surface area contributed by atoms with Crippen LogP contribution in [0.25, 0.3) is 11.8 Å². The van der Waals surface area contributed by atoms with Crippen molar-refractivity contribution in [2.24, 2.45) is 4.99 Å². The lowest BCUT2D eigenvalue weighted by Crippen LogP contribution is -2.40. The van der Waals surface area contributed by atoms with Crippen LogP contribution in [0.4, 0.5) is 4.39 Å². The van der Waals surface area contributed by atoms with E-state index in [0.29, 0.717) is 43.2 Å². The summed E-state index contributed by atoms with van der Waals surface area (Å²) in [4.78, 5) is 32.6. The van der Waals surface area contributed by atoms with Crippen LogP contribution in [0.5, 0.6) is 11.5 Å². The van der Waals surface area contributed by atoms with Crippen LogP contribution in [0.15, 0.2) is 88.2 Å². The van der Waals surface area contributed by atoms with E-state index in [1.807, 2.05) is 30.3 Å². The lowest BCUT2D eigenvalue weighted by Gasteiger charge is -2.25. The molecular formula is C32H25FN2O5S. The molecule has 0 fully saturated rings. The average molecular weight is 569 g/mol. The third kappa shape index (κ3) is 5.55. The minimum Gasteiger partial charge on any atom is -0.493 e. The van der Waals surface area contributed by atoms with Crippen molar-refractivity contribution in [3.05, 3.63) is 121 Å². The summed E-state index contributed by atoms with van der Waals surface area (Å²) in [6, 6.07) is 19.3. The van der Waals surface area contributed by atoms with E-state index in [1.54, 1.807) is 43.3 Å². The normalized spacial score (nSPS) is 14.6. The van der Waals surface area contributed by atoms with E-state index in [-0.39, 0.29) is 24.3 Å². The van der Waals surface area contributed by atoms with Gasteiger partial charge in [-0.15, -0.1) is 6.42 Å². The number of hydrogen-bond donors (Lipinski definition) is 0. The monoisotopic (exact) mass is 568 g/mol. The molecule has 1 atom stereocenters. The molecule has 0 unspecified atom stereocenters. The van der Waals surface area contributed by atoms with E-state index in [9.17, 15) is 14.0 Å². The smallest absolute Gasteiger partial charge is 0.338 e. The standard InChI is InChI=1S/C32H25FN2O5S/c1-4-17-40-24-16-11-20(18-25(24)38-3)19-26-30(36)35-29(22-12-14-23(33)15-13-22)27(31(37)39-5-2)28(34-32(35)41-26)21-9-7-6-8-10-21/h1,6-16,18-19,29H,5,17H2,2-3H3/b26-19-/t29-/m1/s1. The van der Waals surface area contributed by atoms with Gasteiger partial charge in [-0.2, -0.15) is 0 Å². The first-order chi connectivity index (χ1) is 19.9. The summed E-state index contributed by atoms with van der Waals surface area (Å²) in [5.41, 5.74) is 2.15. The lowest BCUT2D eigenvalue weighted by atomic mass is 9.93. The highest BCUT2D eigenvalue weighted by Gasteiger charge is 2.35. The van der Waals surface area contributed by atoms with Crippen LogP contribution in [0.2, 0.25) is 0 Å². The maximum Gasteiger partial charge on any atom is 0.338 e. The number of nitrogens with zero attached hydrogens (tertiary/aromatic N) is 2. The van der Waals surface area contributed by atoms with Gasteiger partial charge >= 0.3 is 5.97 Å². The quantitative estimate of drug-likeness (QED) is 0.236. The molecule has 9 heteroatoms. The zero-order chi connectivity index (χ0) is 28.9. The second-order valence-corrected chi connectivity index (χ2v) is 9.90. The highest BCUT2D eigenvalue weighted by Crippen LogP contribution is 2.35. The van der Waals surface area contributed by atoms with Crippen molar-refractivity contribution in [3.8, 4) is 23.8 Å². The van der Waals surface area contributed by atoms with E-state index >= 15 is 0 Å². The minimum absolute atomic E-state index is 0.0875. The number of methoxy groups -OCH3 is 1. The fraction of sp³-hybridized carbons (Fsp3) is 0.156. The topological polar surface area (TPSA) is 79.1 Å². The maximum absolute atomic E-state index is 14.0. The molecular weight excluding hydrogens is 543 g/mol. The summed E-state index contributed by atoms with van der Waals surface area (Å²) in [6.45, 7) is 1.93. The van der Waals surface area contributed by atoms with Crippen LogP contribution < -0.4 is 24.4 Å². The third-order valence-corrected chi connectivity index (χ3v) is 7.34. The van der Waals surface area contributed by atoms with Crippen LogP contribution >= 0.6 is 11.3 Å². The number of aromatic nitrogens is 1. The Hall–Kier alpha value is -4.94. The Bertz CT molecular complexity index is 1850. The summed E-state index contributed by atoms with van der Waals surface area (Å²) >= 11 is 1.18. The summed E-state index contributed by atoms with van der Waals surface area (Å²) in [7, 11) is 1.51. The van der Waals surface area contributed by atoms with Crippen LogP contribution in [-0.4, -0.2) is 30.9 Å². The molecule has 0 amide bonds. The first kappa shape index (κ1) is 27.6. The molecule has 1 aromatic heterocycles. The number of fused-ring (bicyclic) bond motifs is 1. The molecule has 0 bridgehead atoms. The van der Waals surface area contributed by atoms with E-state index in [1.165, 1.54) is 35.1 Å². The van der Waals surface area contributed by atoms with Gasteiger partial charge in [0.1, 0.15) is 12.4 Å². The van der Waals surface area contributed by atoms with Gasteiger partial charge in [0, 0.05) is 5.56 Å². The van der Waals surface area contributed by atoms with E-state index < -0.39 is 17.8 Å². The summed E-state index contributed by atoms with van der Waals surface area (Å²) < 4.78 is 32.2. The summed E-state index contributed by atoms with van der Waals surface area (Å²) in [5, 5.41) is 0. The number of hydrogen-bond acceptors (Lipinski definition) is 7. The molecule has 206 valence electrons. The Morgan fingerprint density at radius 3 is 2.56 bits per heavy atom. The van der Waals surface area contributed by atoms with Gasteiger partial charge in [-0.25, -0.2) is 14.2 Å². The molecule has 0 N–H and O–H groups in total. The maximum atomic E-state index is 14.0. The summed E-state index contributed by atoms with van der Waals surface area (Å²) in [5.74, 6) is 2.31.